The van der Waals surface area contributed by atoms with Gasteiger partial charge in [-0.2, -0.15) is 4.72 Å². The monoisotopic (exact) mass is 544 g/mol. The molecule has 2 atom stereocenters. The maximum absolute atomic E-state index is 13.6. The third-order valence-electron chi connectivity index (χ3n) is 6.50. The molecule has 39 heavy (non-hydrogen) atoms. The molecule has 4 aromatic rings. The number of hydrogen-bond acceptors (Lipinski definition) is 5. The number of imide groups is 1. The van der Waals surface area contributed by atoms with Crippen LogP contribution in [0.3, 0.4) is 0 Å². The van der Waals surface area contributed by atoms with Crippen LogP contribution in [-0.2, 0) is 32.5 Å². The first kappa shape index (κ1) is 27.7. The number of fused-ring (bicyclic) bond motifs is 1. The zero-order chi connectivity index (χ0) is 28.0. The summed E-state index contributed by atoms with van der Waals surface area (Å²) in [7, 11) is -4.40. The van der Waals surface area contributed by atoms with E-state index in [1.54, 1.807) is 91.0 Å². The Morgan fingerprint density at radius 2 is 1.46 bits per heavy atom. The van der Waals surface area contributed by atoms with Crippen molar-refractivity contribution in [3.8, 4) is 0 Å². The molecule has 1 unspecified atom stereocenters. The molecule has 0 aliphatic heterocycles. The number of aryl methyl sites for hydroxylation is 1. The van der Waals surface area contributed by atoms with Gasteiger partial charge >= 0.3 is 5.97 Å². The molecule has 4 aromatic carbocycles. The quantitative estimate of drug-likeness (QED) is 0.277. The Bertz CT molecular complexity index is 1610. The Balaban J connectivity index is 1.73. The first-order valence-electron chi connectivity index (χ1n) is 12.4. The average Bonchev–Trinajstić information content (AvgIpc) is 2.94. The van der Waals surface area contributed by atoms with E-state index < -0.39 is 39.8 Å². The van der Waals surface area contributed by atoms with Crippen molar-refractivity contribution < 1.29 is 27.9 Å². The van der Waals surface area contributed by atoms with Gasteiger partial charge in [-0.25, -0.2) is 8.42 Å². The fraction of sp³-hybridized carbons (Fsp3) is 0.167. The van der Waals surface area contributed by atoms with Crippen LogP contribution in [-0.4, -0.2) is 37.3 Å². The number of nitrogens with one attached hydrogen (secondary N) is 2. The molecule has 2 amide bonds. The number of aliphatic carboxylic acids is 1. The summed E-state index contributed by atoms with van der Waals surface area (Å²) in [4.78, 5) is 38.9. The minimum Gasteiger partial charge on any atom is -0.481 e. The van der Waals surface area contributed by atoms with Crippen molar-refractivity contribution in [3.63, 3.8) is 0 Å². The lowest BCUT2D eigenvalue weighted by molar-refractivity contribution is -0.145. The molecule has 3 N–H and O–H groups in total. The molecule has 200 valence electrons. The second-order valence-electron chi connectivity index (χ2n) is 9.04. The molecule has 0 bridgehead atoms. The van der Waals surface area contributed by atoms with Crippen molar-refractivity contribution in [1.29, 1.82) is 0 Å². The van der Waals surface area contributed by atoms with E-state index >= 15 is 0 Å². The van der Waals surface area contributed by atoms with E-state index in [0.29, 0.717) is 28.3 Å². The van der Waals surface area contributed by atoms with Gasteiger partial charge in [-0.05, 0) is 41.5 Å². The summed E-state index contributed by atoms with van der Waals surface area (Å²) in [5.41, 5.74) is 1.53. The van der Waals surface area contributed by atoms with Gasteiger partial charge in [-0.15, -0.1) is 0 Å². The molecular formula is C30H28N2O6S. The van der Waals surface area contributed by atoms with E-state index in [1.165, 1.54) is 6.07 Å². The van der Waals surface area contributed by atoms with Crippen LogP contribution in [0, 0.1) is 5.92 Å². The van der Waals surface area contributed by atoms with Crippen molar-refractivity contribution in [2.75, 3.05) is 0 Å². The minimum atomic E-state index is -4.40. The number of sulfonamides is 1. The van der Waals surface area contributed by atoms with Gasteiger partial charge in [0.2, 0.25) is 15.9 Å². The van der Waals surface area contributed by atoms with E-state index in [4.69, 9.17) is 0 Å². The van der Waals surface area contributed by atoms with Crippen molar-refractivity contribution in [2.24, 2.45) is 5.92 Å². The Morgan fingerprint density at radius 3 is 2.18 bits per heavy atom. The molecule has 0 saturated carbocycles. The highest BCUT2D eigenvalue weighted by Crippen LogP contribution is 2.24. The Labute approximate surface area is 226 Å². The third kappa shape index (κ3) is 6.39. The Morgan fingerprint density at radius 1 is 0.821 bits per heavy atom. The highest BCUT2D eigenvalue weighted by atomic mass is 32.2. The molecule has 0 saturated heterocycles. The maximum Gasteiger partial charge on any atom is 0.309 e. The summed E-state index contributed by atoms with van der Waals surface area (Å²) < 4.78 is 29.6. The first-order chi connectivity index (χ1) is 18.7. The molecule has 0 radical (unpaired) electrons. The largest absolute Gasteiger partial charge is 0.481 e. The lowest BCUT2D eigenvalue weighted by atomic mass is 9.92. The number of carbonyl (C=O) groups is 3. The van der Waals surface area contributed by atoms with Gasteiger partial charge in [0.1, 0.15) is 6.04 Å². The van der Waals surface area contributed by atoms with Gasteiger partial charge in [-0.1, -0.05) is 91.9 Å². The molecule has 0 heterocycles. The second kappa shape index (κ2) is 12.0. The van der Waals surface area contributed by atoms with Crippen LogP contribution in [0.4, 0.5) is 0 Å². The normalized spacial score (nSPS) is 12.9. The highest BCUT2D eigenvalue weighted by Gasteiger charge is 2.38. The summed E-state index contributed by atoms with van der Waals surface area (Å²) in [6.07, 6.45) is 0.382. The van der Waals surface area contributed by atoms with Crippen LogP contribution in [0.5, 0.6) is 0 Å². The van der Waals surface area contributed by atoms with Gasteiger partial charge in [0.05, 0.1) is 10.8 Å². The van der Waals surface area contributed by atoms with E-state index in [2.05, 4.69) is 10.0 Å². The predicted molar refractivity (Wildman–Crippen MR) is 148 cm³/mol. The molecule has 0 aliphatic carbocycles. The van der Waals surface area contributed by atoms with Crippen LogP contribution in [0.1, 0.15) is 28.4 Å². The smallest absolute Gasteiger partial charge is 0.309 e. The van der Waals surface area contributed by atoms with Crippen molar-refractivity contribution in [2.45, 2.75) is 30.7 Å². The molecular weight excluding hydrogens is 516 g/mol. The van der Waals surface area contributed by atoms with Crippen molar-refractivity contribution >= 4 is 38.6 Å². The van der Waals surface area contributed by atoms with E-state index in [-0.39, 0.29) is 16.9 Å². The van der Waals surface area contributed by atoms with Crippen LogP contribution in [0.2, 0.25) is 0 Å². The highest BCUT2D eigenvalue weighted by molar-refractivity contribution is 7.89. The van der Waals surface area contributed by atoms with Gasteiger partial charge in [0.25, 0.3) is 5.91 Å². The number of carbonyl (C=O) groups excluding carboxylic acids is 2. The van der Waals surface area contributed by atoms with E-state index in [9.17, 15) is 27.9 Å². The SMILES string of the molecule is CCc1ccccc1C(=O)NC(=O)[C@@H](NS(=O)(=O)c1cccc2ccccc12)C(Cc1ccccc1)C(=O)O. The molecule has 9 heteroatoms. The summed E-state index contributed by atoms with van der Waals surface area (Å²) in [6, 6.07) is 25.0. The topological polar surface area (TPSA) is 130 Å². The summed E-state index contributed by atoms with van der Waals surface area (Å²) >= 11 is 0. The average molecular weight is 545 g/mol. The number of amides is 2. The number of hydrogen-bond donors (Lipinski definition) is 3. The standard InChI is InChI=1S/C30H28N2O6S/c1-2-21-13-6-9-17-24(21)28(33)31-29(34)27(25(30(35)36)19-20-11-4-3-5-12-20)32-39(37,38)26-18-10-15-22-14-7-8-16-23(22)26/h3-18,25,27,32H,2,19H2,1H3,(H,35,36)(H,31,33,34)/t25?,27-/m0/s1. The van der Waals surface area contributed by atoms with Crippen molar-refractivity contribution in [1.82, 2.24) is 10.0 Å². The molecule has 4 rings (SSSR count). The summed E-state index contributed by atoms with van der Waals surface area (Å²) in [6.45, 7) is 1.86. The molecule has 0 aromatic heterocycles. The zero-order valence-corrected chi connectivity index (χ0v) is 22.0. The lowest BCUT2D eigenvalue weighted by Crippen LogP contribution is -2.54. The predicted octanol–water partition coefficient (Wildman–Crippen LogP) is 3.95. The fourth-order valence-corrected chi connectivity index (χ4v) is 5.97. The third-order valence-corrected chi connectivity index (χ3v) is 8.00. The van der Waals surface area contributed by atoms with Gasteiger partial charge in [-0.3, -0.25) is 19.7 Å². The Kier molecular flexibility index (Phi) is 8.53. The zero-order valence-electron chi connectivity index (χ0n) is 21.2. The fourth-order valence-electron chi connectivity index (χ4n) is 4.50. The summed E-state index contributed by atoms with van der Waals surface area (Å²) in [5, 5.41) is 13.4. The molecule has 8 nitrogen and oxygen atoms in total. The van der Waals surface area contributed by atoms with Gasteiger partial charge in [0, 0.05) is 10.9 Å². The number of rotatable bonds is 10. The minimum absolute atomic E-state index is 0.107. The number of carboxylic acids is 1. The molecule has 0 aliphatic rings. The molecule has 0 fully saturated rings. The second-order valence-corrected chi connectivity index (χ2v) is 10.7. The first-order valence-corrected chi connectivity index (χ1v) is 13.9. The van der Waals surface area contributed by atoms with Crippen LogP contribution < -0.4 is 10.0 Å². The Hall–Kier alpha value is -4.34. The van der Waals surface area contributed by atoms with E-state index in [1.807, 2.05) is 6.92 Å². The maximum atomic E-state index is 13.6. The van der Waals surface area contributed by atoms with Gasteiger partial charge < -0.3 is 5.11 Å². The molecule has 0 spiro atoms. The number of benzene rings is 4. The lowest BCUT2D eigenvalue weighted by Gasteiger charge is -2.24. The van der Waals surface area contributed by atoms with Crippen LogP contribution >= 0.6 is 0 Å². The van der Waals surface area contributed by atoms with Crippen LogP contribution in [0.25, 0.3) is 10.8 Å². The van der Waals surface area contributed by atoms with E-state index in [0.717, 1.165) is 0 Å². The van der Waals surface area contributed by atoms with Crippen molar-refractivity contribution in [3.05, 3.63) is 114 Å². The summed E-state index contributed by atoms with van der Waals surface area (Å²) in [5.74, 6) is -4.69. The number of carboxylic acid groups (broad SMARTS) is 1. The van der Waals surface area contributed by atoms with Crippen LogP contribution in [0.15, 0.2) is 102 Å². The van der Waals surface area contributed by atoms with Gasteiger partial charge in [0.15, 0.2) is 0 Å².